The third kappa shape index (κ3) is 3.03. The van der Waals surface area contributed by atoms with Crippen LogP contribution in [0.5, 0.6) is 5.75 Å². The van der Waals surface area contributed by atoms with Crippen LogP contribution in [0.1, 0.15) is 12.0 Å². The molecule has 19 heavy (non-hydrogen) atoms. The van der Waals surface area contributed by atoms with Gasteiger partial charge in [0.25, 0.3) is 0 Å². The Bertz CT molecular complexity index is 519. The van der Waals surface area contributed by atoms with Gasteiger partial charge in [-0.1, -0.05) is 24.8 Å². The molecule has 1 aliphatic rings. The second kappa shape index (κ2) is 5.28. The number of benzene rings is 1. The molecule has 0 spiro atoms. The van der Waals surface area contributed by atoms with E-state index in [2.05, 4.69) is 11.9 Å². The van der Waals surface area contributed by atoms with Gasteiger partial charge in [-0.15, -0.1) is 0 Å². The van der Waals surface area contributed by atoms with Crippen molar-refractivity contribution in [3.8, 4) is 5.75 Å². The number of phenols is 1. The monoisotopic (exact) mass is 259 g/mol. The number of aromatic hydroxyl groups is 1. The average Bonchev–Trinajstić information content (AvgIpc) is 2.68. The number of hydrogen-bond donors (Lipinski definition) is 3. The van der Waals surface area contributed by atoms with Crippen LogP contribution in [0.25, 0.3) is 0 Å². The summed E-state index contributed by atoms with van der Waals surface area (Å²) in [6.45, 7) is 4.14. The highest BCUT2D eigenvalue weighted by Crippen LogP contribution is 2.25. The summed E-state index contributed by atoms with van der Waals surface area (Å²) in [6.07, 6.45) is 3.74. The predicted molar refractivity (Wildman–Crippen MR) is 72.7 cm³/mol. The molecule has 100 valence electrons. The molecule has 0 bridgehead atoms. The molecule has 4 heteroatoms. The van der Waals surface area contributed by atoms with Gasteiger partial charge in [-0.05, 0) is 24.1 Å². The number of ketones is 1. The Balaban J connectivity index is 1.84. The van der Waals surface area contributed by atoms with Crippen molar-refractivity contribution >= 4 is 5.78 Å². The van der Waals surface area contributed by atoms with E-state index in [1.54, 1.807) is 12.1 Å². The zero-order valence-corrected chi connectivity index (χ0v) is 10.6. The molecule has 0 amide bonds. The predicted octanol–water partition coefficient (Wildman–Crippen LogP) is 1.30. The van der Waals surface area contributed by atoms with Crippen LogP contribution in [0, 0.1) is 0 Å². The summed E-state index contributed by atoms with van der Waals surface area (Å²) < 4.78 is 0. The first-order chi connectivity index (χ1) is 9.03. The van der Waals surface area contributed by atoms with Gasteiger partial charge in [-0.2, -0.15) is 0 Å². The van der Waals surface area contributed by atoms with Gasteiger partial charge in [0.05, 0.1) is 0 Å². The quantitative estimate of drug-likeness (QED) is 0.697. The molecule has 0 aliphatic heterocycles. The molecule has 0 radical (unpaired) electrons. The Morgan fingerprint density at radius 3 is 2.63 bits per heavy atom. The van der Waals surface area contributed by atoms with Crippen molar-refractivity contribution in [3.63, 3.8) is 0 Å². The molecule has 0 heterocycles. The molecule has 1 atom stereocenters. The number of phenolic OH excluding ortho intramolecular Hbond substituents is 1. The molecular formula is C15H17NO3. The highest BCUT2D eigenvalue weighted by atomic mass is 16.3. The van der Waals surface area contributed by atoms with E-state index in [1.807, 2.05) is 12.1 Å². The van der Waals surface area contributed by atoms with Crippen LogP contribution in [0.15, 0.2) is 48.7 Å². The molecule has 0 aromatic heterocycles. The first-order valence-electron chi connectivity index (χ1n) is 6.16. The van der Waals surface area contributed by atoms with Crippen molar-refractivity contribution in [2.24, 2.45) is 0 Å². The molecular weight excluding hydrogens is 242 g/mol. The number of aliphatic hydroxyl groups is 1. The fourth-order valence-electron chi connectivity index (χ4n) is 2.03. The van der Waals surface area contributed by atoms with Gasteiger partial charge in [-0.3, -0.25) is 4.79 Å². The van der Waals surface area contributed by atoms with E-state index in [0.29, 0.717) is 6.54 Å². The Morgan fingerprint density at radius 2 is 2.05 bits per heavy atom. The number of carbonyl (C=O) groups is 1. The van der Waals surface area contributed by atoms with Crippen LogP contribution in [-0.4, -0.2) is 28.1 Å². The number of nitrogens with one attached hydrogen (secondary N) is 1. The molecule has 0 saturated carbocycles. The maximum atomic E-state index is 11.5. The minimum Gasteiger partial charge on any atom is -0.508 e. The molecule has 0 saturated heterocycles. The lowest BCUT2D eigenvalue weighted by Gasteiger charge is -2.16. The fraction of sp³-hybridized carbons (Fsp3) is 0.267. The van der Waals surface area contributed by atoms with E-state index in [1.165, 1.54) is 12.2 Å². The van der Waals surface area contributed by atoms with E-state index in [-0.39, 0.29) is 18.0 Å². The standard InChI is InChI=1S/C15H17NO3/c1-2-15(19)10-12(9-14(15)18)16-8-7-11-3-5-13(17)6-4-11/h2-6,9,16-17,19H,1,7-8,10H2. The van der Waals surface area contributed by atoms with Crippen molar-refractivity contribution in [1.82, 2.24) is 5.32 Å². The third-order valence-electron chi connectivity index (χ3n) is 3.23. The van der Waals surface area contributed by atoms with Crippen LogP contribution >= 0.6 is 0 Å². The first kappa shape index (κ1) is 13.4. The van der Waals surface area contributed by atoms with Crippen LogP contribution in [-0.2, 0) is 11.2 Å². The SMILES string of the molecule is C=CC1(O)CC(NCCc2ccc(O)cc2)=CC1=O. The van der Waals surface area contributed by atoms with Crippen LogP contribution in [0.2, 0.25) is 0 Å². The van der Waals surface area contributed by atoms with Crippen molar-refractivity contribution in [3.05, 3.63) is 54.3 Å². The van der Waals surface area contributed by atoms with E-state index >= 15 is 0 Å². The van der Waals surface area contributed by atoms with E-state index in [4.69, 9.17) is 5.11 Å². The summed E-state index contributed by atoms with van der Waals surface area (Å²) >= 11 is 0. The minimum absolute atomic E-state index is 0.247. The zero-order chi connectivity index (χ0) is 13.9. The average molecular weight is 259 g/mol. The summed E-state index contributed by atoms with van der Waals surface area (Å²) in [4.78, 5) is 11.5. The van der Waals surface area contributed by atoms with Crippen LogP contribution in [0.3, 0.4) is 0 Å². The van der Waals surface area contributed by atoms with Gasteiger partial charge in [-0.25, -0.2) is 0 Å². The summed E-state index contributed by atoms with van der Waals surface area (Å²) in [6, 6.07) is 6.99. The van der Waals surface area contributed by atoms with Crippen LogP contribution < -0.4 is 5.32 Å². The van der Waals surface area contributed by atoms with Gasteiger partial charge in [0.1, 0.15) is 11.4 Å². The highest BCUT2D eigenvalue weighted by Gasteiger charge is 2.37. The van der Waals surface area contributed by atoms with Gasteiger partial charge in [0.15, 0.2) is 5.78 Å². The molecule has 1 unspecified atom stereocenters. The lowest BCUT2D eigenvalue weighted by atomic mass is 10.0. The molecule has 1 aromatic carbocycles. The van der Waals surface area contributed by atoms with E-state index in [0.717, 1.165) is 17.7 Å². The summed E-state index contributed by atoms with van der Waals surface area (Å²) in [5, 5.41) is 22.2. The van der Waals surface area contributed by atoms with E-state index < -0.39 is 5.60 Å². The third-order valence-corrected chi connectivity index (χ3v) is 3.23. The Morgan fingerprint density at radius 1 is 1.37 bits per heavy atom. The maximum absolute atomic E-state index is 11.5. The maximum Gasteiger partial charge on any atom is 0.193 e. The smallest absolute Gasteiger partial charge is 0.193 e. The number of carbonyl (C=O) groups excluding carboxylic acids is 1. The summed E-state index contributed by atoms with van der Waals surface area (Å²) in [7, 11) is 0. The van der Waals surface area contributed by atoms with Crippen molar-refractivity contribution < 1.29 is 15.0 Å². The summed E-state index contributed by atoms with van der Waals surface area (Å²) in [5.74, 6) is -0.0773. The van der Waals surface area contributed by atoms with Crippen LogP contribution in [0.4, 0.5) is 0 Å². The zero-order valence-electron chi connectivity index (χ0n) is 10.6. The Kier molecular flexibility index (Phi) is 3.71. The largest absolute Gasteiger partial charge is 0.508 e. The van der Waals surface area contributed by atoms with Gasteiger partial charge in [0, 0.05) is 24.7 Å². The van der Waals surface area contributed by atoms with Crippen molar-refractivity contribution in [2.75, 3.05) is 6.54 Å². The topological polar surface area (TPSA) is 69.6 Å². The molecule has 1 aliphatic carbocycles. The molecule has 3 N–H and O–H groups in total. The van der Waals surface area contributed by atoms with Gasteiger partial charge < -0.3 is 15.5 Å². The Labute approximate surface area is 112 Å². The lowest BCUT2D eigenvalue weighted by Crippen LogP contribution is -2.31. The van der Waals surface area contributed by atoms with E-state index in [9.17, 15) is 9.90 Å². The minimum atomic E-state index is -1.44. The molecule has 1 aromatic rings. The van der Waals surface area contributed by atoms with Crippen molar-refractivity contribution in [1.29, 1.82) is 0 Å². The van der Waals surface area contributed by atoms with Crippen molar-refractivity contribution in [2.45, 2.75) is 18.4 Å². The highest BCUT2D eigenvalue weighted by molar-refractivity contribution is 6.01. The number of rotatable bonds is 5. The number of hydrogen-bond acceptors (Lipinski definition) is 4. The first-order valence-corrected chi connectivity index (χ1v) is 6.16. The normalized spacial score (nSPS) is 22.2. The molecule has 4 nitrogen and oxygen atoms in total. The van der Waals surface area contributed by atoms with Gasteiger partial charge in [0.2, 0.25) is 0 Å². The summed E-state index contributed by atoms with van der Waals surface area (Å²) in [5.41, 5.74) is 0.376. The molecule has 2 rings (SSSR count). The lowest BCUT2D eigenvalue weighted by molar-refractivity contribution is -0.126. The second-order valence-corrected chi connectivity index (χ2v) is 4.68. The Hall–Kier alpha value is -2.07. The van der Waals surface area contributed by atoms with Gasteiger partial charge >= 0.3 is 0 Å². The second-order valence-electron chi connectivity index (χ2n) is 4.68. The fourth-order valence-corrected chi connectivity index (χ4v) is 2.03. The molecule has 0 fully saturated rings.